The molecule has 4 nitrogen and oxygen atoms in total. The predicted octanol–water partition coefficient (Wildman–Crippen LogP) is 1.67. The third-order valence-electron chi connectivity index (χ3n) is 2.66. The van der Waals surface area contributed by atoms with E-state index in [-0.39, 0.29) is 12.7 Å². The number of carbonyl (C=O) groups is 1. The first-order chi connectivity index (χ1) is 7.81. The molecule has 0 spiro atoms. The molecule has 0 aliphatic carbocycles. The molecule has 0 atom stereocenters. The first-order valence-electron chi connectivity index (χ1n) is 5.21. The molecule has 0 unspecified atom stereocenters. The first-order valence-corrected chi connectivity index (χ1v) is 5.21. The summed E-state index contributed by atoms with van der Waals surface area (Å²) >= 11 is 0. The number of hydrogen-bond donors (Lipinski definition) is 1. The lowest BCUT2D eigenvalue weighted by molar-refractivity contribution is -0.118. The zero-order chi connectivity index (χ0) is 11.0. The summed E-state index contributed by atoms with van der Waals surface area (Å²) in [4.78, 5) is 11.0. The SMILES string of the molecule is O=C1CC/C(=C\c2ccc3c(c2)OCO3)N1. The molecule has 3 rings (SSSR count). The number of ether oxygens (including phenoxy) is 2. The highest BCUT2D eigenvalue weighted by Gasteiger charge is 2.15. The van der Waals surface area contributed by atoms with E-state index in [1.807, 2.05) is 24.3 Å². The van der Waals surface area contributed by atoms with Crippen LogP contribution in [-0.4, -0.2) is 12.7 Å². The molecule has 1 N–H and O–H groups in total. The van der Waals surface area contributed by atoms with E-state index in [4.69, 9.17) is 9.47 Å². The van der Waals surface area contributed by atoms with E-state index < -0.39 is 0 Å². The van der Waals surface area contributed by atoms with Crippen LogP contribution in [0.5, 0.6) is 11.5 Å². The molecule has 1 amide bonds. The van der Waals surface area contributed by atoms with Crippen LogP contribution >= 0.6 is 0 Å². The van der Waals surface area contributed by atoms with E-state index in [0.29, 0.717) is 6.42 Å². The summed E-state index contributed by atoms with van der Waals surface area (Å²) in [7, 11) is 0. The molecular formula is C12H11NO3. The Kier molecular flexibility index (Phi) is 2.06. The maximum absolute atomic E-state index is 11.0. The summed E-state index contributed by atoms with van der Waals surface area (Å²) in [6.07, 6.45) is 3.33. The second-order valence-electron chi connectivity index (χ2n) is 3.83. The summed E-state index contributed by atoms with van der Waals surface area (Å²) < 4.78 is 10.5. The normalized spacial score (nSPS) is 20.2. The average Bonchev–Trinajstić information content (AvgIpc) is 2.87. The smallest absolute Gasteiger partial charge is 0.231 e. The van der Waals surface area contributed by atoms with Gasteiger partial charge >= 0.3 is 0 Å². The van der Waals surface area contributed by atoms with E-state index in [1.165, 1.54) is 0 Å². The van der Waals surface area contributed by atoms with Crippen LogP contribution in [0.15, 0.2) is 23.9 Å². The van der Waals surface area contributed by atoms with E-state index in [2.05, 4.69) is 5.32 Å². The number of hydrogen-bond acceptors (Lipinski definition) is 3. The minimum atomic E-state index is 0.0898. The number of rotatable bonds is 1. The molecule has 1 aromatic rings. The Labute approximate surface area is 92.9 Å². The molecule has 82 valence electrons. The van der Waals surface area contributed by atoms with Crippen molar-refractivity contribution in [3.05, 3.63) is 29.5 Å². The number of fused-ring (bicyclic) bond motifs is 1. The fourth-order valence-corrected chi connectivity index (χ4v) is 1.86. The topological polar surface area (TPSA) is 47.6 Å². The van der Waals surface area contributed by atoms with Gasteiger partial charge in [0.05, 0.1) is 0 Å². The molecule has 2 aliphatic heterocycles. The molecule has 16 heavy (non-hydrogen) atoms. The highest BCUT2D eigenvalue weighted by atomic mass is 16.7. The van der Waals surface area contributed by atoms with Gasteiger partial charge in [0.15, 0.2) is 11.5 Å². The molecule has 0 bridgehead atoms. The zero-order valence-electron chi connectivity index (χ0n) is 8.66. The fraction of sp³-hybridized carbons (Fsp3) is 0.250. The number of allylic oxidation sites excluding steroid dienone is 1. The van der Waals surface area contributed by atoms with Gasteiger partial charge in [-0.3, -0.25) is 4.79 Å². The Bertz CT molecular complexity index is 479. The van der Waals surface area contributed by atoms with Gasteiger partial charge < -0.3 is 14.8 Å². The van der Waals surface area contributed by atoms with E-state index in [9.17, 15) is 4.79 Å². The van der Waals surface area contributed by atoms with Crippen LogP contribution < -0.4 is 14.8 Å². The maximum atomic E-state index is 11.0. The first kappa shape index (κ1) is 9.27. The van der Waals surface area contributed by atoms with Gasteiger partial charge in [-0.1, -0.05) is 6.07 Å². The van der Waals surface area contributed by atoms with Gasteiger partial charge in [-0.15, -0.1) is 0 Å². The van der Waals surface area contributed by atoms with Crippen LogP contribution in [0.4, 0.5) is 0 Å². The van der Waals surface area contributed by atoms with Crippen molar-refractivity contribution in [2.24, 2.45) is 0 Å². The number of nitrogens with one attached hydrogen (secondary N) is 1. The van der Waals surface area contributed by atoms with Crippen LogP contribution in [0.3, 0.4) is 0 Å². The third kappa shape index (κ3) is 1.62. The molecule has 2 aliphatic rings. The quantitative estimate of drug-likeness (QED) is 0.778. The van der Waals surface area contributed by atoms with E-state index in [0.717, 1.165) is 29.2 Å². The van der Waals surface area contributed by atoms with Gasteiger partial charge in [0.2, 0.25) is 12.7 Å². The van der Waals surface area contributed by atoms with Crippen molar-refractivity contribution in [1.82, 2.24) is 5.32 Å². The second-order valence-corrected chi connectivity index (χ2v) is 3.83. The van der Waals surface area contributed by atoms with Crippen molar-refractivity contribution in [2.75, 3.05) is 6.79 Å². The summed E-state index contributed by atoms with van der Waals surface area (Å²) in [5.74, 6) is 1.63. The lowest BCUT2D eigenvalue weighted by Gasteiger charge is -2.00. The monoisotopic (exact) mass is 217 g/mol. The Morgan fingerprint density at radius 2 is 2.06 bits per heavy atom. The van der Waals surface area contributed by atoms with E-state index in [1.54, 1.807) is 0 Å². The zero-order valence-corrected chi connectivity index (χ0v) is 8.66. The molecule has 2 heterocycles. The van der Waals surface area contributed by atoms with Crippen molar-refractivity contribution < 1.29 is 14.3 Å². The standard InChI is InChI=1S/C12H11NO3/c14-12-4-2-9(13-12)5-8-1-3-10-11(6-8)16-7-15-10/h1,3,5-6H,2,4,7H2,(H,13,14)/b9-5+. The van der Waals surface area contributed by atoms with Crippen molar-refractivity contribution >= 4 is 12.0 Å². The van der Waals surface area contributed by atoms with Gasteiger partial charge in [0.25, 0.3) is 0 Å². The molecule has 0 aromatic heterocycles. The minimum Gasteiger partial charge on any atom is -0.454 e. The molecular weight excluding hydrogens is 206 g/mol. The lowest BCUT2D eigenvalue weighted by atomic mass is 10.1. The summed E-state index contributed by atoms with van der Waals surface area (Å²) in [6, 6.07) is 5.75. The van der Waals surface area contributed by atoms with Gasteiger partial charge in [-0.25, -0.2) is 0 Å². The number of carbonyl (C=O) groups excluding carboxylic acids is 1. The van der Waals surface area contributed by atoms with Crippen LogP contribution in [-0.2, 0) is 4.79 Å². The maximum Gasteiger partial charge on any atom is 0.231 e. The highest BCUT2D eigenvalue weighted by molar-refractivity contribution is 5.82. The Hall–Kier alpha value is -1.97. The Morgan fingerprint density at radius 3 is 2.88 bits per heavy atom. The van der Waals surface area contributed by atoms with Crippen LogP contribution in [0.2, 0.25) is 0 Å². The molecule has 0 saturated carbocycles. The van der Waals surface area contributed by atoms with Gasteiger partial charge in [0, 0.05) is 12.1 Å². The average molecular weight is 217 g/mol. The van der Waals surface area contributed by atoms with Crippen molar-refractivity contribution in [3.8, 4) is 11.5 Å². The molecule has 1 aromatic carbocycles. The molecule has 1 fully saturated rings. The fourth-order valence-electron chi connectivity index (χ4n) is 1.86. The predicted molar refractivity (Wildman–Crippen MR) is 57.9 cm³/mol. The number of amides is 1. The van der Waals surface area contributed by atoms with Gasteiger partial charge in [-0.2, -0.15) is 0 Å². The van der Waals surface area contributed by atoms with Crippen LogP contribution in [0.1, 0.15) is 18.4 Å². The second kappa shape index (κ2) is 3.56. The summed E-state index contributed by atoms with van der Waals surface area (Å²) in [6.45, 7) is 0.284. The third-order valence-corrected chi connectivity index (χ3v) is 2.66. The minimum absolute atomic E-state index is 0.0898. The Balaban J connectivity index is 1.88. The largest absolute Gasteiger partial charge is 0.454 e. The van der Waals surface area contributed by atoms with Crippen molar-refractivity contribution in [3.63, 3.8) is 0 Å². The molecule has 0 radical (unpaired) electrons. The summed E-state index contributed by atoms with van der Waals surface area (Å²) in [5.41, 5.74) is 1.98. The molecule has 4 heteroatoms. The van der Waals surface area contributed by atoms with Crippen LogP contribution in [0, 0.1) is 0 Å². The van der Waals surface area contributed by atoms with Gasteiger partial charge in [0.1, 0.15) is 0 Å². The summed E-state index contributed by atoms with van der Waals surface area (Å²) in [5, 5.41) is 2.82. The van der Waals surface area contributed by atoms with Crippen molar-refractivity contribution in [1.29, 1.82) is 0 Å². The van der Waals surface area contributed by atoms with E-state index >= 15 is 0 Å². The van der Waals surface area contributed by atoms with Crippen molar-refractivity contribution in [2.45, 2.75) is 12.8 Å². The van der Waals surface area contributed by atoms with Gasteiger partial charge in [-0.05, 0) is 30.2 Å². The lowest BCUT2D eigenvalue weighted by Crippen LogP contribution is -2.11. The molecule has 1 saturated heterocycles. The van der Waals surface area contributed by atoms with Crippen LogP contribution in [0.25, 0.3) is 6.08 Å². The number of benzene rings is 1. The Morgan fingerprint density at radius 1 is 1.19 bits per heavy atom. The highest BCUT2D eigenvalue weighted by Crippen LogP contribution is 2.33.